The van der Waals surface area contributed by atoms with Crippen molar-refractivity contribution in [3.05, 3.63) is 52.0 Å². The van der Waals surface area contributed by atoms with Crippen molar-refractivity contribution in [2.24, 2.45) is 0 Å². The quantitative estimate of drug-likeness (QED) is 0.879. The number of ether oxygens (including phenoxy) is 1. The molecule has 0 saturated heterocycles. The molecular weight excluding hydrogens is 332 g/mol. The average molecular weight is 344 g/mol. The van der Waals surface area contributed by atoms with Crippen LogP contribution in [0.4, 0.5) is 14.5 Å². The van der Waals surface area contributed by atoms with E-state index in [9.17, 15) is 8.78 Å². The molecule has 0 aliphatic rings. The molecule has 0 unspecified atom stereocenters. The van der Waals surface area contributed by atoms with Gasteiger partial charge in [-0.05, 0) is 29.8 Å². The van der Waals surface area contributed by atoms with E-state index >= 15 is 0 Å². The maximum atomic E-state index is 13.2. The third kappa shape index (κ3) is 3.39. The number of phenolic OH excluding ortho intramolecular Hbond substituents is 1. The number of hydrogen-bond acceptors (Lipinski definition) is 3. The summed E-state index contributed by atoms with van der Waals surface area (Å²) in [7, 11) is 1.55. The molecule has 2 N–H and O–H groups in total. The summed E-state index contributed by atoms with van der Waals surface area (Å²) in [5.41, 5.74) is 1.13. The minimum atomic E-state index is -0.978. The Labute approximate surface area is 123 Å². The lowest BCUT2D eigenvalue weighted by atomic mass is 10.2. The van der Waals surface area contributed by atoms with E-state index in [2.05, 4.69) is 21.2 Å². The first-order chi connectivity index (χ1) is 9.49. The van der Waals surface area contributed by atoms with Gasteiger partial charge in [0.2, 0.25) is 0 Å². The van der Waals surface area contributed by atoms with Gasteiger partial charge in [-0.3, -0.25) is 0 Å². The number of nitrogens with one attached hydrogen (secondary N) is 1. The highest BCUT2D eigenvalue weighted by atomic mass is 79.9. The van der Waals surface area contributed by atoms with Gasteiger partial charge >= 0.3 is 0 Å². The molecule has 0 spiro atoms. The van der Waals surface area contributed by atoms with E-state index in [1.807, 2.05) is 6.07 Å². The van der Waals surface area contributed by atoms with Gasteiger partial charge in [0.15, 0.2) is 17.4 Å². The Morgan fingerprint density at radius 3 is 2.40 bits per heavy atom. The zero-order chi connectivity index (χ0) is 14.7. The van der Waals surface area contributed by atoms with Crippen molar-refractivity contribution >= 4 is 21.6 Å². The normalized spacial score (nSPS) is 10.4. The fourth-order valence-corrected chi connectivity index (χ4v) is 2.18. The molecule has 0 aliphatic heterocycles. The molecule has 0 radical (unpaired) electrons. The van der Waals surface area contributed by atoms with Crippen LogP contribution < -0.4 is 10.1 Å². The highest BCUT2D eigenvalue weighted by Gasteiger charge is 2.09. The Morgan fingerprint density at radius 1 is 1.15 bits per heavy atom. The van der Waals surface area contributed by atoms with Crippen molar-refractivity contribution in [3.63, 3.8) is 0 Å². The van der Waals surface area contributed by atoms with E-state index in [0.717, 1.165) is 22.3 Å². The summed E-state index contributed by atoms with van der Waals surface area (Å²) in [6.45, 7) is 0.216. The van der Waals surface area contributed by atoms with E-state index in [1.165, 1.54) is 0 Å². The number of methoxy groups -OCH3 is 1. The molecule has 0 fully saturated rings. The molecular formula is C14H12BrF2NO2. The molecule has 6 heteroatoms. The van der Waals surface area contributed by atoms with Crippen LogP contribution in [0.1, 0.15) is 5.56 Å². The molecule has 2 rings (SSSR count). The fraction of sp³-hybridized carbons (Fsp3) is 0.143. The van der Waals surface area contributed by atoms with E-state index < -0.39 is 17.4 Å². The summed E-state index contributed by atoms with van der Waals surface area (Å²) in [4.78, 5) is 0. The Hall–Kier alpha value is -1.82. The van der Waals surface area contributed by atoms with Crippen LogP contribution in [0.15, 0.2) is 34.8 Å². The summed E-state index contributed by atoms with van der Waals surface area (Å²) in [5, 5.41) is 12.1. The molecule has 2 aromatic carbocycles. The van der Waals surface area contributed by atoms with E-state index in [1.54, 1.807) is 19.2 Å². The van der Waals surface area contributed by atoms with Crippen molar-refractivity contribution in [2.75, 3.05) is 12.4 Å². The van der Waals surface area contributed by atoms with Crippen molar-refractivity contribution in [1.29, 1.82) is 0 Å². The smallest absolute Gasteiger partial charge is 0.187 e. The fourth-order valence-electron chi connectivity index (χ4n) is 1.71. The van der Waals surface area contributed by atoms with Crippen LogP contribution in [0.25, 0.3) is 0 Å². The first-order valence-corrected chi connectivity index (χ1v) is 6.54. The van der Waals surface area contributed by atoms with Crippen LogP contribution in [0.2, 0.25) is 0 Å². The van der Waals surface area contributed by atoms with Crippen molar-refractivity contribution in [3.8, 4) is 11.5 Å². The van der Waals surface area contributed by atoms with Gasteiger partial charge < -0.3 is 15.2 Å². The molecule has 0 amide bonds. The Balaban J connectivity index is 2.14. The standard InChI is InChI=1S/C14H12BrF2NO2/c1-20-11-5-9(15)4-10(6-11)18-7-8-2-12(16)14(19)13(17)3-8/h2-6,18-19H,7H2,1H3. The number of aromatic hydroxyl groups is 1. The first kappa shape index (κ1) is 14.6. The number of rotatable bonds is 4. The largest absolute Gasteiger partial charge is 0.503 e. The molecule has 0 saturated carbocycles. The maximum absolute atomic E-state index is 13.2. The number of benzene rings is 2. The first-order valence-electron chi connectivity index (χ1n) is 5.75. The van der Waals surface area contributed by atoms with Crippen LogP contribution >= 0.6 is 15.9 Å². The van der Waals surface area contributed by atoms with Crippen molar-refractivity contribution in [2.45, 2.75) is 6.54 Å². The number of halogens is 3. The number of hydrogen-bond donors (Lipinski definition) is 2. The van der Waals surface area contributed by atoms with Crippen molar-refractivity contribution < 1.29 is 18.6 Å². The second-order valence-electron chi connectivity index (χ2n) is 4.14. The van der Waals surface area contributed by atoms with Crippen LogP contribution in [-0.2, 0) is 6.54 Å². The number of anilines is 1. The minimum Gasteiger partial charge on any atom is -0.503 e. The third-order valence-electron chi connectivity index (χ3n) is 2.68. The van der Waals surface area contributed by atoms with E-state index in [0.29, 0.717) is 11.3 Å². The van der Waals surface area contributed by atoms with Gasteiger partial charge in [0, 0.05) is 22.8 Å². The van der Waals surface area contributed by atoms with Gasteiger partial charge in [0.1, 0.15) is 5.75 Å². The maximum Gasteiger partial charge on any atom is 0.187 e. The topological polar surface area (TPSA) is 41.5 Å². The number of phenols is 1. The second kappa shape index (κ2) is 6.09. The van der Waals surface area contributed by atoms with Gasteiger partial charge in [-0.1, -0.05) is 15.9 Å². The van der Waals surface area contributed by atoms with Gasteiger partial charge in [0.05, 0.1) is 7.11 Å². The Morgan fingerprint density at radius 2 is 1.80 bits per heavy atom. The highest BCUT2D eigenvalue weighted by molar-refractivity contribution is 9.10. The molecule has 20 heavy (non-hydrogen) atoms. The molecule has 2 aromatic rings. The lowest BCUT2D eigenvalue weighted by Crippen LogP contribution is -2.01. The third-order valence-corrected chi connectivity index (χ3v) is 3.14. The zero-order valence-corrected chi connectivity index (χ0v) is 12.2. The summed E-state index contributed by atoms with van der Waals surface area (Å²) >= 11 is 3.34. The SMILES string of the molecule is COc1cc(Br)cc(NCc2cc(F)c(O)c(F)c2)c1. The van der Waals surface area contributed by atoms with Crippen LogP contribution in [0.3, 0.4) is 0 Å². The Kier molecular flexibility index (Phi) is 4.44. The van der Waals surface area contributed by atoms with Crippen molar-refractivity contribution in [1.82, 2.24) is 0 Å². The molecule has 0 heterocycles. The average Bonchev–Trinajstić information content (AvgIpc) is 2.41. The lowest BCUT2D eigenvalue weighted by molar-refractivity contribution is 0.395. The molecule has 0 aromatic heterocycles. The second-order valence-corrected chi connectivity index (χ2v) is 5.06. The molecule has 3 nitrogen and oxygen atoms in total. The van der Waals surface area contributed by atoms with Gasteiger partial charge in [-0.25, -0.2) is 8.78 Å². The monoisotopic (exact) mass is 343 g/mol. The Bertz CT molecular complexity index is 612. The zero-order valence-electron chi connectivity index (χ0n) is 10.6. The van der Waals surface area contributed by atoms with Crippen LogP contribution in [-0.4, -0.2) is 12.2 Å². The van der Waals surface area contributed by atoms with Crippen LogP contribution in [0.5, 0.6) is 11.5 Å². The lowest BCUT2D eigenvalue weighted by Gasteiger charge is -2.10. The molecule has 0 atom stereocenters. The summed E-state index contributed by atoms with van der Waals surface area (Å²) < 4.78 is 32.3. The van der Waals surface area contributed by atoms with E-state index in [4.69, 9.17) is 9.84 Å². The molecule has 0 aliphatic carbocycles. The summed E-state index contributed by atoms with van der Waals surface area (Å²) in [5.74, 6) is -2.26. The molecule has 106 valence electrons. The van der Waals surface area contributed by atoms with Crippen LogP contribution in [0, 0.1) is 11.6 Å². The summed E-state index contributed by atoms with van der Waals surface area (Å²) in [6.07, 6.45) is 0. The van der Waals surface area contributed by atoms with Gasteiger partial charge in [-0.15, -0.1) is 0 Å². The van der Waals surface area contributed by atoms with E-state index in [-0.39, 0.29) is 6.54 Å². The predicted octanol–water partition coefficient (Wildman–Crippen LogP) is 4.05. The molecule has 0 bridgehead atoms. The predicted molar refractivity (Wildman–Crippen MR) is 76.0 cm³/mol. The minimum absolute atomic E-state index is 0.216. The van der Waals surface area contributed by atoms with Gasteiger partial charge in [-0.2, -0.15) is 0 Å². The summed E-state index contributed by atoms with van der Waals surface area (Å²) in [6, 6.07) is 7.54. The van der Waals surface area contributed by atoms with Gasteiger partial charge in [0.25, 0.3) is 0 Å². The highest BCUT2D eigenvalue weighted by Crippen LogP contribution is 2.26.